The summed E-state index contributed by atoms with van der Waals surface area (Å²) in [6.07, 6.45) is 1.20. The van der Waals surface area contributed by atoms with Crippen molar-refractivity contribution in [1.82, 2.24) is 9.88 Å². The number of piperidine rings is 1. The molecule has 0 unspecified atom stereocenters. The molecule has 1 aliphatic rings. The van der Waals surface area contributed by atoms with Gasteiger partial charge in [0.1, 0.15) is 5.67 Å². The Kier molecular flexibility index (Phi) is 3.76. The van der Waals surface area contributed by atoms with Gasteiger partial charge in [-0.2, -0.15) is 4.39 Å². The number of halogens is 3. The van der Waals surface area contributed by atoms with E-state index in [1.54, 1.807) is 11.8 Å². The minimum absolute atomic E-state index is 0.0483. The number of aromatic nitrogens is 1. The highest BCUT2D eigenvalue weighted by Crippen LogP contribution is 2.42. The second-order valence-corrected chi connectivity index (χ2v) is 5.41. The van der Waals surface area contributed by atoms with Crippen molar-refractivity contribution in [3.8, 4) is 0 Å². The summed E-state index contributed by atoms with van der Waals surface area (Å²) in [5.41, 5.74) is -1.95. The van der Waals surface area contributed by atoms with Crippen molar-refractivity contribution in [3.05, 3.63) is 28.8 Å². The van der Waals surface area contributed by atoms with Crippen LogP contribution < -0.4 is 0 Å². The van der Waals surface area contributed by atoms with Crippen molar-refractivity contribution in [2.24, 2.45) is 5.92 Å². The molecule has 0 N–H and O–H groups in total. The minimum atomic E-state index is -1.84. The van der Waals surface area contributed by atoms with Crippen LogP contribution in [0.5, 0.6) is 0 Å². The quantitative estimate of drug-likeness (QED) is 0.745. The molecule has 19 heavy (non-hydrogen) atoms. The topological polar surface area (TPSA) is 33.2 Å². The van der Waals surface area contributed by atoms with Gasteiger partial charge in [-0.1, -0.05) is 18.5 Å². The lowest BCUT2D eigenvalue weighted by atomic mass is 9.79. The molecule has 0 aromatic carbocycles. The van der Waals surface area contributed by atoms with Crippen molar-refractivity contribution in [1.29, 1.82) is 0 Å². The molecule has 6 heteroatoms. The van der Waals surface area contributed by atoms with Crippen LogP contribution in [0.3, 0.4) is 0 Å². The van der Waals surface area contributed by atoms with Crippen molar-refractivity contribution >= 4 is 17.5 Å². The Hall–Kier alpha value is -1.23. The maximum absolute atomic E-state index is 15.1. The van der Waals surface area contributed by atoms with Gasteiger partial charge in [0.05, 0.1) is 5.02 Å². The number of nitrogens with zero attached hydrogens (tertiary/aromatic N) is 2. The number of pyridine rings is 1. The van der Waals surface area contributed by atoms with Crippen molar-refractivity contribution < 1.29 is 13.6 Å². The second-order valence-electron chi connectivity index (χ2n) is 4.97. The lowest BCUT2D eigenvalue weighted by Gasteiger charge is -2.41. The highest BCUT2D eigenvalue weighted by Gasteiger charge is 2.45. The Balaban J connectivity index is 2.33. The molecule has 2 heterocycles. The first kappa shape index (κ1) is 14.2. The Labute approximate surface area is 115 Å². The maximum atomic E-state index is 15.1. The molecule has 0 saturated carbocycles. The first-order valence-electron chi connectivity index (χ1n) is 6.10. The van der Waals surface area contributed by atoms with Gasteiger partial charge in [0.15, 0.2) is 0 Å². The number of hydrogen-bond acceptors (Lipinski definition) is 2. The zero-order valence-electron chi connectivity index (χ0n) is 10.8. The van der Waals surface area contributed by atoms with Crippen LogP contribution in [0.15, 0.2) is 12.3 Å². The second kappa shape index (κ2) is 5.04. The van der Waals surface area contributed by atoms with E-state index >= 15 is 4.39 Å². The molecule has 1 aromatic rings. The smallest absolute Gasteiger partial charge is 0.219 e. The van der Waals surface area contributed by atoms with E-state index < -0.39 is 17.5 Å². The largest absolute Gasteiger partial charge is 0.342 e. The molecule has 1 aromatic heterocycles. The molecular weight excluding hydrogens is 274 g/mol. The standard InChI is InChI=1S/C13H15ClF2N2O/c1-8-7-18(9(2)19)4-3-13(8,16)11-5-10(14)6-17-12(11)15/h5-6,8H,3-4,7H2,1-2H3/t8-,13+/m1/s1. The average Bonchev–Trinajstić information content (AvgIpc) is 2.35. The SMILES string of the molecule is CC(=O)N1CC[C@@](F)(c2cc(Cl)cnc2F)[C@H](C)C1. The van der Waals surface area contributed by atoms with Crippen LogP contribution in [0.2, 0.25) is 5.02 Å². The third-order valence-corrected chi connectivity index (χ3v) is 3.93. The van der Waals surface area contributed by atoms with E-state index in [2.05, 4.69) is 4.98 Å². The number of carbonyl (C=O) groups is 1. The predicted molar refractivity (Wildman–Crippen MR) is 68.0 cm³/mol. The van der Waals surface area contributed by atoms with Gasteiger partial charge in [0.25, 0.3) is 0 Å². The van der Waals surface area contributed by atoms with Gasteiger partial charge < -0.3 is 4.90 Å². The lowest BCUT2D eigenvalue weighted by Crippen LogP contribution is -2.48. The summed E-state index contributed by atoms with van der Waals surface area (Å²) in [4.78, 5) is 16.3. The van der Waals surface area contributed by atoms with Crippen molar-refractivity contribution in [2.45, 2.75) is 25.9 Å². The van der Waals surface area contributed by atoms with Gasteiger partial charge in [0, 0.05) is 44.1 Å². The number of likely N-dealkylation sites (tertiary alicyclic amines) is 1. The van der Waals surface area contributed by atoms with E-state index in [1.807, 2.05) is 0 Å². The molecule has 0 radical (unpaired) electrons. The Morgan fingerprint density at radius 1 is 1.63 bits per heavy atom. The summed E-state index contributed by atoms with van der Waals surface area (Å²) in [5.74, 6) is -1.45. The molecular formula is C13H15ClF2N2O. The van der Waals surface area contributed by atoms with Gasteiger partial charge in [-0.05, 0) is 6.07 Å². The van der Waals surface area contributed by atoms with Gasteiger partial charge in [-0.3, -0.25) is 4.79 Å². The highest BCUT2D eigenvalue weighted by molar-refractivity contribution is 6.30. The third-order valence-electron chi connectivity index (χ3n) is 3.72. The van der Waals surface area contributed by atoms with Crippen LogP contribution in [-0.2, 0) is 10.5 Å². The fourth-order valence-corrected chi connectivity index (χ4v) is 2.67. The maximum Gasteiger partial charge on any atom is 0.219 e. The van der Waals surface area contributed by atoms with Crippen LogP contribution in [0.25, 0.3) is 0 Å². The predicted octanol–water partition coefficient (Wildman–Crippen LogP) is 2.93. The Bertz CT molecular complexity index is 511. The van der Waals surface area contributed by atoms with E-state index in [0.717, 1.165) is 6.20 Å². The fraction of sp³-hybridized carbons (Fsp3) is 0.538. The number of carbonyl (C=O) groups excluding carboxylic acids is 1. The summed E-state index contributed by atoms with van der Waals surface area (Å²) < 4.78 is 28.8. The Morgan fingerprint density at radius 3 is 2.89 bits per heavy atom. The zero-order valence-corrected chi connectivity index (χ0v) is 11.5. The molecule has 0 bridgehead atoms. The highest BCUT2D eigenvalue weighted by atomic mass is 35.5. The monoisotopic (exact) mass is 288 g/mol. The number of amides is 1. The van der Waals surface area contributed by atoms with Gasteiger partial charge >= 0.3 is 0 Å². The van der Waals surface area contributed by atoms with E-state index in [4.69, 9.17) is 11.6 Å². The van der Waals surface area contributed by atoms with Crippen molar-refractivity contribution in [2.75, 3.05) is 13.1 Å². The van der Waals surface area contributed by atoms with Crippen molar-refractivity contribution in [3.63, 3.8) is 0 Å². The van der Waals surface area contributed by atoms with E-state index in [-0.39, 0.29) is 36.0 Å². The molecule has 1 fully saturated rings. The molecule has 1 amide bonds. The normalized spacial score (nSPS) is 27.4. The third kappa shape index (κ3) is 2.56. The Morgan fingerprint density at radius 2 is 2.32 bits per heavy atom. The van der Waals surface area contributed by atoms with E-state index in [1.165, 1.54) is 13.0 Å². The fourth-order valence-electron chi connectivity index (χ4n) is 2.51. The summed E-state index contributed by atoms with van der Waals surface area (Å²) in [6.45, 7) is 3.63. The molecule has 3 nitrogen and oxygen atoms in total. The van der Waals surface area contributed by atoms with E-state index in [9.17, 15) is 9.18 Å². The van der Waals surface area contributed by atoms with E-state index in [0.29, 0.717) is 0 Å². The first-order valence-corrected chi connectivity index (χ1v) is 6.48. The molecule has 2 atom stereocenters. The molecule has 1 aliphatic heterocycles. The average molecular weight is 289 g/mol. The number of rotatable bonds is 1. The summed E-state index contributed by atoms with van der Waals surface area (Å²) in [5, 5.41) is 0.203. The first-order chi connectivity index (χ1) is 8.84. The van der Waals surface area contributed by atoms with Crippen LogP contribution in [0.4, 0.5) is 8.78 Å². The van der Waals surface area contributed by atoms with Gasteiger partial charge in [-0.25, -0.2) is 9.37 Å². The number of alkyl halides is 1. The molecule has 0 spiro atoms. The lowest BCUT2D eigenvalue weighted by molar-refractivity contribution is -0.133. The minimum Gasteiger partial charge on any atom is -0.342 e. The molecule has 1 saturated heterocycles. The molecule has 2 rings (SSSR count). The summed E-state index contributed by atoms with van der Waals surface area (Å²) in [6, 6.07) is 1.28. The summed E-state index contributed by atoms with van der Waals surface area (Å²) >= 11 is 5.76. The van der Waals surface area contributed by atoms with Crippen LogP contribution in [0, 0.1) is 11.9 Å². The van der Waals surface area contributed by atoms with Crippen LogP contribution >= 0.6 is 11.6 Å². The molecule has 104 valence electrons. The number of hydrogen-bond donors (Lipinski definition) is 0. The zero-order chi connectivity index (χ0) is 14.2. The van der Waals surface area contributed by atoms with Crippen LogP contribution in [-0.4, -0.2) is 28.9 Å². The molecule has 0 aliphatic carbocycles. The van der Waals surface area contributed by atoms with Crippen LogP contribution in [0.1, 0.15) is 25.8 Å². The van der Waals surface area contributed by atoms with Gasteiger partial charge in [-0.15, -0.1) is 0 Å². The van der Waals surface area contributed by atoms with Gasteiger partial charge in [0.2, 0.25) is 11.9 Å². The summed E-state index contributed by atoms with van der Waals surface area (Å²) in [7, 11) is 0.